The summed E-state index contributed by atoms with van der Waals surface area (Å²) in [6.07, 6.45) is 0. The summed E-state index contributed by atoms with van der Waals surface area (Å²) in [5, 5.41) is 3.81. The predicted molar refractivity (Wildman–Crippen MR) is 86.4 cm³/mol. The first-order chi connectivity index (χ1) is 9.99. The van der Waals surface area contributed by atoms with Crippen molar-refractivity contribution in [2.45, 2.75) is 19.9 Å². The van der Waals surface area contributed by atoms with Crippen LogP contribution >= 0.6 is 12.2 Å². The van der Waals surface area contributed by atoms with Crippen LogP contribution in [0.1, 0.15) is 25.5 Å². The van der Waals surface area contributed by atoms with Crippen molar-refractivity contribution in [2.24, 2.45) is 0 Å². The standard InChI is InChI=1S/C15H19N3O2S/c1-4-18-9(2)12(14(19)20-3)13(17-15(18)21)10-5-7-11(16)8-6-10/h5-8,13H,4,16H2,1-3H3,(H,17,21). The Morgan fingerprint density at radius 2 is 2.05 bits per heavy atom. The number of hydrogen-bond acceptors (Lipinski definition) is 4. The molecule has 1 unspecified atom stereocenters. The van der Waals surface area contributed by atoms with E-state index in [0.29, 0.717) is 22.9 Å². The third-order valence-electron chi connectivity index (χ3n) is 3.59. The van der Waals surface area contributed by atoms with E-state index in [9.17, 15) is 4.79 Å². The maximum absolute atomic E-state index is 12.2. The molecular formula is C15H19N3O2S. The van der Waals surface area contributed by atoms with E-state index in [4.69, 9.17) is 22.7 Å². The van der Waals surface area contributed by atoms with Gasteiger partial charge in [0.2, 0.25) is 0 Å². The Kier molecular flexibility index (Phi) is 4.47. The molecule has 5 nitrogen and oxygen atoms in total. The lowest BCUT2D eigenvalue weighted by Crippen LogP contribution is -2.47. The number of rotatable bonds is 3. The first kappa shape index (κ1) is 15.3. The Balaban J connectivity index is 2.52. The minimum Gasteiger partial charge on any atom is -0.466 e. The van der Waals surface area contributed by atoms with Crippen molar-refractivity contribution < 1.29 is 9.53 Å². The Morgan fingerprint density at radius 3 is 2.57 bits per heavy atom. The van der Waals surface area contributed by atoms with E-state index in [0.717, 1.165) is 11.3 Å². The van der Waals surface area contributed by atoms with Gasteiger partial charge in [-0.1, -0.05) is 12.1 Å². The number of thiocarbonyl (C=S) groups is 1. The van der Waals surface area contributed by atoms with E-state index in [1.54, 1.807) is 12.1 Å². The molecule has 2 rings (SSSR count). The van der Waals surface area contributed by atoms with Crippen LogP contribution in [0.3, 0.4) is 0 Å². The van der Waals surface area contributed by atoms with Gasteiger partial charge in [0.15, 0.2) is 5.11 Å². The highest BCUT2D eigenvalue weighted by molar-refractivity contribution is 7.80. The average Bonchev–Trinajstić information content (AvgIpc) is 2.47. The zero-order valence-corrected chi connectivity index (χ0v) is 13.2. The van der Waals surface area contributed by atoms with Crippen LogP contribution in [-0.2, 0) is 9.53 Å². The first-order valence-electron chi connectivity index (χ1n) is 6.72. The zero-order chi connectivity index (χ0) is 15.6. The van der Waals surface area contributed by atoms with E-state index in [1.165, 1.54) is 7.11 Å². The Labute approximate surface area is 129 Å². The van der Waals surface area contributed by atoms with Crippen molar-refractivity contribution in [3.05, 3.63) is 41.1 Å². The highest BCUT2D eigenvalue weighted by Crippen LogP contribution is 2.31. The second kappa shape index (κ2) is 6.13. The molecule has 21 heavy (non-hydrogen) atoms. The van der Waals surface area contributed by atoms with Crippen molar-refractivity contribution in [2.75, 3.05) is 19.4 Å². The Morgan fingerprint density at radius 1 is 1.43 bits per heavy atom. The summed E-state index contributed by atoms with van der Waals surface area (Å²) in [5.41, 5.74) is 8.69. The van der Waals surface area contributed by atoms with Crippen LogP contribution in [0.25, 0.3) is 0 Å². The maximum atomic E-state index is 12.2. The van der Waals surface area contributed by atoms with Gasteiger partial charge in [0.1, 0.15) is 0 Å². The molecule has 1 atom stereocenters. The van der Waals surface area contributed by atoms with Gasteiger partial charge in [-0.25, -0.2) is 4.79 Å². The Hall–Kier alpha value is -2.08. The molecule has 0 fully saturated rings. The highest BCUT2D eigenvalue weighted by atomic mass is 32.1. The SMILES string of the molecule is CCN1C(=S)NC(c2ccc(N)cc2)C(C(=O)OC)=C1C. The average molecular weight is 305 g/mol. The molecule has 0 amide bonds. The number of esters is 1. The molecule has 0 saturated carbocycles. The van der Waals surface area contributed by atoms with Gasteiger partial charge < -0.3 is 20.7 Å². The largest absolute Gasteiger partial charge is 0.466 e. The predicted octanol–water partition coefficient (Wildman–Crippen LogP) is 1.97. The molecule has 0 aromatic heterocycles. The van der Waals surface area contributed by atoms with Gasteiger partial charge in [-0.2, -0.15) is 0 Å². The van der Waals surface area contributed by atoms with E-state index in [-0.39, 0.29) is 12.0 Å². The molecule has 0 radical (unpaired) electrons. The van der Waals surface area contributed by atoms with Gasteiger partial charge >= 0.3 is 5.97 Å². The smallest absolute Gasteiger partial charge is 0.337 e. The van der Waals surface area contributed by atoms with Gasteiger partial charge in [-0.05, 0) is 43.8 Å². The lowest BCUT2D eigenvalue weighted by Gasteiger charge is -2.36. The van der Waals surface area contributed by atoms with Gasteiger partial charge in [0.05, 0.1) is 18.7 Å². The van der Waals surface area contributed by atoms with Crippen LogP contribution in [0.4, 0.5) is 5.69 Å². The first-order valence-corrected chi connectivity index (χ1v) is 7.13. The second-order valence-electron chi connectivity index (χ2n) is 4.78. The molecule has 1 aromatic rings. The summed E-state index contributed by atoms with van der Waals surface area (Å²) in [6.45, 7) is 4.55. The van der Waals surface area contributed by atoms with E-state index >= 15 is 0 Å². The number of nitrogens with two attached hydrogens (primary N) is 1. The molecule has 3 N–H and O–H groups in total. The molecule has 0 aliphatic carbocycles. The fourth-order valence-corrected chi connectivity index (χ4v) is 2.86. The second-order valence-corrected chi connectivity index (χ2v) is 5.17. The lowest BCUT2D eigenvalue weighted by atomic mass is 9.95. The van der Waals surface area contributed by atoms with Gasteiger partial charge in [-0.3, -0.25) is 0 Å². The van der Waals surface area contributed by atoms with Crippen molar-refractivity contribution in [3.63, 3.8) is 0 Å². The van der Waals surface area contributed by atoms with Gasteiger partial charge in [-0.15, -0.1) is 0 Å². The summed E-state index contributed by atoms with van der Waals surface area (Å²) in [4.78, 5) is 14.1. The van der Waals surface area contributed by atoms with Crippen LogP contribution in [-0.4, -0.2) is 29.6 Å². The molecular weight excluding hydrogens is 286 g/mol. The quantitative estimate of drug-likeness (QED) is 0.505. The number of carbonyl (C=O) groups is 1. The zero-order valence-electron chi connectivity index (χ0n) is 12.3. The number of anilines is 1. The van der Waals surface area contributed by atoms with Crippen LogP contribution in [0.5, 0.6) is 0 Å². The number of nitrogens with zero attached hydrogens (tertiary/aromatic N) is 1. The van der Waals surface area contributed by atoms with Crippen molar-refractivity contribution >= 4 is 29.0 Å². The topological polar surface area (TPSA) is 67.6 Å². The molecule has 112 valence electrons. The molecule has 6 heteroatoms. The number of hydrogen-bond donors (Lipinski definition) is 2. The van der Waals surface area contributed by atoms with E-state index in [2.05, 4.69) is 5.32 Å². The fourth-order valence-electron chi connectivity index (χ4n) is 2.47. The van der Waals surface area contributed by atoms with Crippen LogP contribution < -0.4 is 11.1 Å². The minimum atomic E-state index is -0.359. The molecule has 0 spiro atoms. The summed E-state index contributed by atoms with van der Waals surface area (Å²) in [5.74, 6) is -0.359. The molecule has 0 bridgehead atoms. The highest BCUT2D eigenvalue weighted by Gasteiger charge is 2.33. The van der Waals surface area contributed by atoms with Gasteiger partial charge in [0.25, 0.3) is 0 Å². The summed E-state index contributed by atoms with van der Waals surface area (Å²) >= 11 is 5.39. The van der Waals surface area contributed by atoms with Crippen LogP contribution in [0.2, 0.25) is 0 Å². The monoisotopic (exact) mass is 305 g/mol. The summed E-state index contributed by atoms with van der Waals surface area (Å²) in [7, 11) is 1.38. The number of allylic oxidation sites excluding steroid dienone is 1. The van der Waals surface area contributed by atoms with Gasteiger partial charge in [0, 0.05) is 17.9 Å². The normalized spacial score (nSPS) is 18.5. The van der Waals surface area contributed by atoms with Crippen molar-refractivity contribution in [1.29, 1.82) is 0 Å². The number of nitrogen functional groups attached to an aromatic ring is 1. The number of ether oxygens (including phenoxy) is 1. The lowest BCUT2D eigenvalue weighted by molar-refractivity contribution is -0.136. The summed E-state index contributed by atoms with van der Waals surface area (Å²) < 4.78 is 4.93. The van der Waals surface area contributed by atoms with Crippen molar-refractivity contribution in [3.8, 4) is 0 Å². The fraction of sp³-hybridized carbons (Fsp3) is 0.333. The van der Waals surface area contributed by atoms with Crippen LogP contribution in [0.15, 0.2) is 35.5 Å². The third-order valence-corrected chi connectivity index (χ3v) is 3.93. The molecule has 1 aromatic carbocycles. The molecule has 0 saturated heterocycles. The molecule has 1 aliphatic heterocycles. The number of benzene rings is 1. The molecule has 1 aliphatic rings. The third kappa shape index (κ3) is 2.85. The van der Waals surface area contributed by atoms with E-state index in [1.807, 2.05) is 30.9 Å². The number of nitrogens with one attached hydrogen (secondary N) is 1. The molecule has 1 heterocycles. The number of carbonyl (C=O) groups excluding carboxylic acids is 1. The summed E-state index contributed by atoms with van der Waals surface area (Å²) in [6, 6.07) is 7.04. The van der Waals surface area contributed by atoms with E-state index < -0.39 is 0 Å². The minimum absolute atomic E-state index is 0.326. The van der Waals surface area contributed by atoms with Crippen molar-refractivity contribution in [1.82, 2.24) is 10.2 Å². The Bertz CT molecular complexity index is 595. The maximum Gasteiger partial charge on any atom is 0.337 e. The number of methoxy groups -OCH3 is 1. The van der Waals surface area contributed by atoms with Crippen LogP contribution in [0, 0.1) is 0 Å².